The van der Waals surface area contributed by atoms with Gasteiger partial charge in [0.15, 0.2) is 0 Å². The highest BCUT2D eigenvalue weighted by Crippen LogP contribution is 2.33. The molecule has 0 saturated carbocycles. The molecule has 146 valence electrons. The average Bonchev–Trinajstić information content (AvgIpc) is 2.70. The van der Waals surface area contributed by atoms with Crippen molar-refractivity contribution in [2.45, 2.75) is 4.90 Å². The molecule has 4 nitrogen and oxygen atoms in total. The molecular formula is C20H17Cl3N2O2S. The van der Waals surface area contributed by atoms with Gasteiger partial charge < -0.3 is 4.90 Å². The summed E-state index contributed by atoms with van der Waals surface area (Å²) < 4.78 is 28.1. The molecule has 0 spiro atoms. The van der Waals surface area contributed by atoms with Gasteiger partial charge in [-0.15, -0.1) is 0 Å². The normalized spacial score (nSPS) is 15.9. The Morgan fingerprint density at radius 2 is 1.39 bits per heavy atom. The number of benzene rings is 3. The summed E-state index contributed by atoms with van der Waals surface area (Å²) in [6, 6.07) is 15.8. The topological polar surface area (TPSA) is 40.6 Å². The van der Waals surface area contributed by atoms with Crippen LogP contribution in [0, 0.1) is 0 Å². The van der Waals surface area contributed by atoms with E-state index in [9.17, 15) is 8.42 Å². The van der Waals surface area contributed by atoms with Gasteiger partial charge >= 0.3 is 0 Å². The zero-order valence-electron chi connectivity index (χ0n) is 14.8. The minimum Gasteiger partial charge on any atom is -0.368 e. The second kappa shape index (κ2) is 7.73. The summed E-state index contributed by atoms with van der Waals surface area (Å²) in [5, 5.41) is 3.10. The lowest BCUT2D eigenvalue weighted by Gasteiger charge is -2.36. The number of piperazine rings is 1. The van der Waals surface area contributed by atoms with Crippen molar-refractivity contribution in [2.24, 2.45) is 0 Å². The van der Waals surface area contributed by atoms with Gasteiger partial charge in [-0.2, -0.15) is 4.31 Å². The Hall–Kier alpha value is -1.50. The number of halogens is 3. The summed E-state index contributed by atoms with van der Waals surface area (Å²) in [6.45, 7) is 1.79. The first-order valence-corrected chi connectivity index (χ1v) is 11.3. The zero-order valence-corrected chi connectivity index (χ0v) is 17.9. The number of nitrogens with zero attached hydrogens (tertiary/aromatic N) is 2. The van der Waals surface area contributed by atoms with Crippen LogP contribution in [0.3, 0.4) is 0 Å². The molecule has 3 aromatic carbocycles. The van der Waals surface area contributed by atoms with E-state index in [1.54, 1.807) is 36.4 Å². The van der Waals surface area contributed by atoms with Crippen molar-refractivity contribution in [1.82, 2.24) is 4.31 Å². The summed E-state index contributed by atoms with van der Waals surface area (Å²) in [5.41, 5.74) is 0.822. The Morgan fingerprint density at radius 1 is 0.750 bits per heavy atom. The quantitative estimate of drug-likeness (QED) is 0.537. The van der Waals surface area contributed by atoms with E-state index in [0.717, 1.165) is 11.1 Å². The third kappa shape index (κ3) is 3.58. The Labute approximate surface area is 179 Å². The lowest BCUT2D eigenvalue weighted by molar-refractivity contribution is 0.385. The minimum atomic E-state index is -3.64. The van der Waals surface area contributed by atoms with Crippen LogP contribution in [0.15, 0.2) is 59.5 Å². The molecule has 3 aromatic rings. The standard InChI is InChI=1S/C20H17Cl3N2O2S/c21-14-5-6-18(23)19(13-14)24-9-11-25(12-10-24)28(26,27)20-8-7-17(22)15-3-1-2-4-16(15)20/h1-8,13H,9-12H2. The summed E-state index contributed by atoms with van der Waals surface area (Å²) in [5.74, 6) is 0. The maximum absolute atomic E-state index is 13.3. The highest BCUT2D eigenvalue weighted by Gasteiger charge is 2.30. The molecule has 0 aliphatic carbocycles. The van der Waals surface area contributed by atoms with E-state index in [0.29, 0.717) is 46.6 Å². The third-order valence-electron chi connectivity index (χ3n) is 4.94. The first-order valence-electron chi connectivity index (χ1n) is 8.75. The molecule has 1 fully saturated rings. The first-order chi connectivity index (χ1) is 13.4. The average molecular weight is 456 g/mol. The van der Waals surface area contributed by atoms with Gasteiger partial charge in [0.2, 0.25) is 10.0 Å². The van der Waals surface area contributed by atoms with Crippen LogP contribution in [-0.2, 0) is 10.0 Å². The molecule has 1 heterocycles. The molecule has 0 unspecified atom stereocenters. The lowest BCUT2D eigenvalue weighted by atomic mass is 10.1. The second-order valence-corrected chi connectivity index (χ2v) is 9.74. The van der Waals surface area contributed by atoms with E-state index < -0.39 is 10.0 Å². The fourth-order valence-corrected chi connectivity index (χ4v) is 5.75. The first kappa shape index (κ1) is 19.8. The van der Waals surface area contributed by atoms with Crippen LogP contribution in [0.5, 0.6) is 0 Å². The van der Waals surface area contributed by atoms with E-state index in [1.165, 1.54) is 4.31 Å². The summed E-state index contributed by atoms with van der Waals surface area (Å²) in [6.07, 6.45) is 0. The Kier molecular flexibility index (Phi) is 5.47. The molecule has 0 aromatic heterocycles. The molecule has 0 N–H and O–H groups in total. The van der Waals surface area contributed by atoms with E-state index >= 15 is 0 Å². The van der Waals surface area contributed by atoms with Gasteiger partial charge in [-0.1, -0.05) is 59.1 Å². The van der Waals surface area contributed by atoms with Gasteiger partial charge in [-0.3, -0.25) is 0 Å². The number of sulfonamides is 1. The lowest BCUT2D eigenvalue weighted by Crippen LogP contribution is -2.48. The van der Waals surface area contributed by atoms with Crippen molar-refractivity contribution in [1.29, 1.82) is 0 Å². The van der Waals surface area contributed by atoms with Crippen LogP contribution in [0.1, 0.15) is 0 Å². The van der Waals surface area contributed by atoms with E-state index in [2.05, 4.69) is 4.90 Å². The van der Waals surface area contributed by atoms with E-state index in [-0.39, 0.29) is 4.90 Å². The molecule has 1 aliphatic rings. The van der Waals surface area contributed by atoms with Crippen LogP contribution in [0.4, 0.5) is 5.69 Å². The molecular weight excluding hydrogens is 439 g/mol. The van der Waals surface area contributed by atoms with E-state index in [1.807, 2.05) is 18.2 Å². The van der Waals surface area contributed by atoms with Crippen molar-refractivity contribution >= 4 is 61.3 Å². The molecule has 28 heavy (non-hydrogen) atoms. The van der Waals surface area contributed by atoms with E-state index in [4.69, 9.17) is 34.8 Å². The van der Waals surface area contributed by atoms with Crippen molar-refractivity contribution in [3.05, 3.63) is 69.7 Å². The number of hydrogen-bond acceptors (Lipinski definition) is 3. The molecule has 0 radical (unpaired) electrons. The summed E-state index contributed by atoms with van der Waals surface area (Å²) in [4.78, 5) is 2.34. The van der Waals surface area contributed by atoms with Gasteiger partial charge in [0.25, 0.3) is 0 Å². The molecule has 1 aliphatic heterocycles. The smallest absolute Gasteiger partial charge is 0.243 e. The van der Waals surface area contributed by atoms with Crippen molar-refractivity contribution < 1.29 is 8.42 Å². The number of anilines is 1. The Bertz CT molecular complexity index is 1140. The predicted octanol–water partition coefficient (Wildman–Crippen LogP) is 5.31. The van der Waals surface area contributed by atoms with Crippen molar-refractivity contribution in [3.8, 4) is 0 Å². The second-order valence-electron chi connectivity index (χ2n) is 6.58. The zero-order chi connectivity index (χ0) is 19.9. The van der Waals surface area contributed by atoms with Gasteiger partial charge in [0, 0.05) is 47.0 Å². The van der Waals surface area contributed by atoms with Gasteiger partial charge in [-0.05, 0) is 30.3 Å². The van der Waals surface area contributed by atoms with Crippen LogP contribution in [-0.4, -0.2) is 38.9 Å². The number of fused-ring (bicyclic) bond motifs is 1. The highest BCUT2D eigenvalue weighted by molar-refractivity contribution is 7.89. The fourth-order valence-electron chi connectivity index (χ4n) is 3.50. The van der Waals surface area contributed by atoms with Crippen molar-refractivity contribution in [2.75, 3.05) is 31.1 Å². The molecule has 0 atom stereocenters. The van der Waals surface area contributed by atoms with Gasteiger partial charge in [0.1, 0.15) is 0 Å². The largest absolute Gasteiger partial charge is 0.368 e. The van der Waals surface area contributed by atoms with Gasteiger partial charge in [0.05, 0.1) is 15.6 Å². The molecule has 4 rings (SSSR count). The maximum atomic E-state index is 13.3. The van der Waals surface area contributed by atoms with Crippen molar-refractivity contribution in [3.63, 3.8) is 0 Å². The summed E-state index contributed by atoms with van der Waals surface area (Å²) >= 11 is 18.6. The van der Waals surface area contributed by atoms with Crippen LogP contribution >= 0.6 is 34.8 Å². The maximum Gasteiger partial charge on any atom is 0.243 e. The van der Waals surface area contributed by atoms with Gasteiger partial charge in [-0.25, -0.2) is 8.42 Å². The minimum absolute atomic E-state index is 0.279. The Morgan fingerprint density at radius 3 is 2.11 bits per heavy atom. The number of hydrogen-bond donors (Lipinski definition) is 0. The van der Waals surface area contributed by atoms with Crippen LogP contribution in [0.2, 0.25) is 15.1 Å². The molecule has 8 heteroatoms. The van der Waals surface area contributed by atoms with Crippen LogP contribution < -0.4 is 4.90 Å². The summed E-state index contributed by atoms with van der Waals surface area (Å²) in [7, 11) is -3.64. The third-order valence-corrected chi connectivity index (χ3v) is 7.78. The monoisotopic (exact) mass is 454 g/mol. The highest BCUT2D eigenvalue weighted by atomic mass is 35.5. The Balaban J connectivity index is 1.61. The van der Waals surface area contributed by atoms with Crippen LogP contribution in [0.25, 0.3) is 10.8 Å². The molecule has 0 bridgehead atoms. The predicted molar refractivity (Wildman–Crippen MR) is 116 cm³/mol. The fraction of sp³-hybridized carbons (Fsp3) is 0.200. The molecule has 0 amide bonds. The number of rotatable bonds is 3. The molecule has 1 saturated heterocycles. The SMILES string of the molecule is O=S(=O)(c1ccc(Cl)c2ccccc12)N1CCN(c2cc(Cl)ccc2Cl)CC1.